The third-order valence-corrected chi connectivity index (χ3v) is 3.54. The molecule has 2 aromatic carbocycles. The zero-order chi connectivity index (χ0) is 15.9. The fraction of sp³-hybridized carbons (Fsp3) is 0.111. The van der Waals surface area contributed by atoms with Gasteiger partial charge in [-0.15, -0.1) is 0 Å². The van der Waals surface area contributed by atoms with Crippen molar-refractivity contribution < 1.29 is 10.2 Å². The van der Waals surface area contributed by atoms with Crippen LogP contribution in [0, 0.1) is 0 Å². The maximum absolute atomic E-state index is 9.68. The summed E-state index contributed by atoms with van der Waals surface area (Å²) in [5, 5.41) is 20.5. The first-order valence-electron chi connectivity index (χ1n) is 6.86. The fourth-order valence-corrected chi connectivity index (χ4v) is 2.29. The van der Waals surface area contributed by atoms with Crippen molar-refractivity contribution in [1.29, 1.82) is 0 Å². The number of benzene rings is 2. The van der Waals surface area contributed by atoms with E-state index in [9.17, 15) is 10.2 Å². The van der Waals surface area contributed by atoms with E-state index in [4.69, 9.17) is 23.2 Å². The van der Waals surface area contributed by atoms with E-state index in [0.717, 1.165) is 12.8 Å². The van der Waals surface area contributed by atoms with Crippen LogP contribution in [-0.4, -0.2) is 10.2 Å². The Bertz CT molecular complexity index is 645. The smallest absolute Gasteiger partial charge is 0.122 e. The van der Waals surface area contributed by atoms with Gasteiger partial charge in [-0.1, -0.05) is 47.5 Å². The Hall–Kier alpha value is -1.90. The van der Waals surface area contributed by atoms with Gasteiger partial charge < -0.3 is 10.2 Å². The molecule has 114 valence electrons. The van der Waals surface area contributed by atoms with Crippen molar-refractivity contribution in [1.82, 2.24) is 0 Å². The lowest BCUT2D eigenvalue weighted by molar-refractivity contribution is 0.473. The second-order valence-electron chi connectivity index (χ2n) is 4.79. The Morgan fingerprint density at radius 3 is 1.55 bits per heavy atom. The van der Waals surface area contributed by atoms with Crippen LogP contribution in [0.15, 0.2) is 48.6 Å². The molecule has 0 saturated carbocycles. The van der Waals surface area contributed by atoms with Crippen LogP contribution in [-0.2, 0) is 0 Å². The summed E-state index contributed by atoms with van der Waals surface area (Å²) in [5.41, 5.74) is 1.40. The summed E-state index contributed by atoms with van der Waals surface area (Å²) < 4.78 is 0. The largest absolute Gasteiger partial charge is 0.507 e. The fourth-order valence-electron chi connectivity index (χ4n) is 1.93. The average Bonchev–Trinajstić information content (AvgIpc) is 2.49. The Morgan fingerprint density at radius 2 is 1.14 bits per heavy atom. The van der Waals surface area contributed by atoms with E-state index in [2.05, 4.69) is 0 Å². The number of halogens is 2. The van der Waals surface area contributed by atoms with Gasteiger partial charge >= 0.3 is 0 Å². The summed E-state index contributed by atoms with van der Waals surface area (Å²) >= 11 is 11.8. The van der Waals surface area contributed by atoms with Gasteiger partial charge in [-0.3, -0.25) is 0 Å². The quantitative estimate of drug-likeness (QED) is 0.667. The molecule has 0 aliphatic heterocycles. The number of phenolic OH excluding ortho intramolecular Hbond substituents is 2. The van der Waals surface area contributed by atoms with E-state index in [0.29, 0.717) is 21.2 Å². The summed E-state index contributed by atoms with van der Waals surface area (Å²) in [6.07, 6.45) is 9.23. The molecule has 2 aromatic rings. The van der Waals surface area contributed by atoms with Crippen molar-refractivity contribution in [2.45, 2.75) is 12.8 Å². The molecule has 0 fully saturated rings. The Balaban J connectivity index is 1.89. The predicted octanol–water partition coefficient (Wildman–Crippen LogP) is 5.91. The molecule has 0 heterocycles. The molecule has 0 aromatic heterocycles. The van der Waals surface area contributed by atoms with Crippen LogP contribution in [0.5, 0.6) is 11.5 Å². The van der Waals surface area contributed by atoms with Crippen LogP contribution in [0.2, 0.25) is 10.0 Å². The molecular formula is C18H16Cl2O2. The number of aromatic hydroxyl groups is 2. The second kappa shape index (κ2) is 7.92. The van der Waals surface area contributed by atoms with E-state index in [1.165, 1.54) is 0 Å². The molecule has 0 aliphatic rings. The Labute approximate surface area is 139 Å². The molecule has 2 N–H and O–H groups in total. The molecular weight excluding hydrogens is 319 g/mol. The number of unbranched alkanes of at least 4 members (excludes halogenated alkanes) is 1. The number of hydrogen-bond donors (Lipinski definition) is 2. The van der Waals surface area contributed by atoms with Crippen molar-refractivity contribution in [2.75, 3.05) is 0 Å². The van der Waals surface area contributed by atoms with E-state index in [1.807, 2.05) is 24.3 Å². The van der Waals surface area contributed by atoms with Gasteiger partial charge in [-0.2, -0.15) is 0 Å². The zero-order valence-electron chi connectivity index (χ0n) is 11.8. The molecule has 0 saturated heterocycles. The van der Waals surface area contributed by atoms with Crippen molar-refractivity contribution >= 4 is 35.4 Å². The molecule has 0 atom stereocenters. The first kappa shape index (κ1) is 16.5. The monoisotopic (exact) mass is 334 g/mol. The highest BCUT2D eigenvalue weighted by Crippen LogP contribution is 2.24. The number of phenols is 2. The van der Waals surface area contributed by atoms with Crippen LogP contribution in [0.4, 0.5) is 0 Å². The lowest BCUT2D eigenvalue weighted by Crippen LogP contribution is -1.76. The van der Waals surface area contributed by atoms with E-state index in [1.54, 1.807) is 36.4 Å². The van der Waals surface area contributed by atoms with Crippen molar-refractivity contribution in [3.63, 3.8) is 0 Å². The van der Waals surface area contributed by atoms with Crippen LogP contribution < -0.4 is 0 Å². The topological polar surface area (TPSA) is 40.5 Å². The molecule has 0 bridgehead atoms. The molecule has 4 heteroatoms. The summed E-state index contributed by atoms with van der Waals surface area (Å²) in [4.78, 5) is 0. The van der Waals surface area contributed by atoms with Gasteiger partial charge in [0.2, 0.25) is 0 Å². The van der Waals surface area contributed by atoms with Crippen LogP contribution in [0.1, 0.15) is 24.0 Å². The van der Waals surface area contributed by atoms with Gasteiger partial charge in [-0.05, 0) is 49.2 Å². The molecule has 0 unspecified atom stereocenters. The Morgan fingerprint density at radius 1 is 0.727 bits per heavy atom. The van der Waals surface area contributed by atoms with Crippen molar-refractivity contribution in [3.8, 4) is 11.5 Å². The highest BCUT2D eigenvalue weighted by Gasteiger charge is 1.98. The molecule has 0 spiro atoms. The number of hydrogen-bond acceptors (Lipinski definition) is 2. The van der Waals surface area contributed by atoms with E-state index >= 15 is 0 Å². The summed E-state index contributed by atoms with van der Waals surface area (Å²) in [6, 6.07) is 9.87. The normalized spacial score (nSPS) is 11.5. The maximum atomic E-state index is 9.68. The minimum Gasteiger partial charge on any atom is -0.507 e. The van der Waals surface area contributed by atoms with Gasteiger partial charge in [0.05, 0.1) is 0 Å². The molecule has 0 radical (unpaired) electrons. The highest BCUT2D eigenvalue weighted by atomic mass is 35.5. The number of allylic oxidation sites excluding steroid dienone is 2. The lowest BCUT2D eigenvalue weighted by Gasteiger charge is -2.00. The SMILES string of the molecule is Oc1ccc(Cl)cc1/C=C/CC/C=C/c1cc(Cl)ccc1O. The average molecular weight is 335 g/mol. The van der Waals surface area contributed by atoms with E-state index in [-0.39, 0.29) is 11.5 Å². The standard InChI is InChI=1S/C18H16Cl2O2/c19-15-7-9-17(21)13(11-15)5-3-1-2-4-6-14-12-16(20)8-10-18(14)22/h3-12,21-22H,1-2H2/b5-3+,6-4+. The van der Waals surface area contributed by atoms with Gasteiger partial charge in [-0.25, -0.2) is 0 Å². The molecule has 2 nitrogen and oxygen atoms in total. The second-order valence-corrected chi connectivity index (χ2v) is 5.66. The van der Waals surface area contributed by atoms with Crippen LogP contribution in [0.3, 0.4) is 0 Å². The first-order valence-corrected chi connectivity index (χ1v) is 7.62. The zero-order valence-corrected chi connectivity index (χ0v) is 13.3. The lowest BCUT2D eigenvalue weighted by atomic mass is 10.1. The van der Waals surface area contributed by atoms with Gasteiger partial charge in [0.1, 0.15) is 11.5 Å². The van der Waals surface area contributed by atoms with Crippen molar-refractivity contribution in [3.05, 3.63) is 69.7 Å². The minimum atomic E-state index is 0.208. The first-order chi connectivity index (χ1) is 10.6. The minimum absolute atomic E-state index is 0.208. The Kier molecular flexibility index (Phi) is 5.93. The third-order valence-electron chi connectivity index (χ3n) is 3.07. The van der Waals surface area contributed by atoms with Gasteiger partial charge in [0.25, 0.3) is 0 Å². The maximum Gasteiger partial charge on any atom is 0.122 e. The van der Waals surface area contributed by atoms with Crippen LogP contribution >= 0.6 is 23.2 Å². The van der Waals surface area contributed by atoms with Gasteiger partial charge in [0.15, 0.2) is 0 Å². The number of rotatable bonds is 5. The summed E-state index contributed by atoms with van der Waals surface area (Å²) in [5.74, 6) is 0.417. The van der Waals surface area contributed by atoms with Crippen LogP contribution in [0.25, 0.3) is 12.2 Å². The molecule has 22 heavy (non-hydrogen) atoms. The molecule has 0 aliphatic carbocycles. The van der Waals surface area contributed by atoms with Gasteiger partial charge in [0, 0.05) is 21.2 Å². The molecule has 0 amide bonds. The predicted molar refractivity (Wildman–Crippen MR) is 93.5 cm³/mol. The summed E-state index contributed by atoms with van der Waals surface area (Å²) in [6.45, 7) is 0. The highest BCUT2D eigenvalue weighted by molar-refractivity contribution is 6.31. The molecule has 2 rings (SSSR count). The summed E-state index contributed by atoms with van der Waals surface area (Å²) in [7, 11) is 0. The third kappa shape index (κ3) is 4.83. The van der Waals surface area contributed by atoms with E-state index < -0.39 is 0 Å². The van der Waals surface area contributed by atoms with Crippen molar-refractivity contribution in [2.24, 2.45) is 0 Å².